The van der Waals surface area contributed by atoms with Gasteiger partial charge in [-0.05, 0) is 23.3 Å². The Hall–Kier alpha value is -2.31. The molecule has 2 aromatic carbocycles. The van der Waals surface area contributed by atoms with Crippen molar-refractivity contribution in [2.75, 3.05) is 4.72 Å². The molecular formula is C16H13ClN2O3S. The summed E-state index contributed by atoms with van der Waals surface area (Å²) in [5, 5.41) is 4.24. The van der Waals surface area contributed by atoms with Crippen LogP contribution in [-0.2, 0) is 15.8 Å². The molecule has 0 unspecified atom stereocenters. The molecule has 0 atom stereocenters. The lowest BCUT2D eigenvalue weighted by Gasteiger charge is -2.07. The van der Waals surface area contributed by atoms with Crippen molar-refractivity contribution in [3.05, 3.63) is 71.4 Å². The first-order valence-electron chi connectivity index (χ1n) is 6.78. The fourth-order valence-electron chi connectivity index (χ4n) is 2.11. The molecule has 0 radical (unpaired) electrons. The van der Waals surface area contributed by atoms with Gasteiger partial charge in [0.25, 0.3) is 0 Å². The number of aromatic nitrogens is 1. The minimum Gasteiger partial charge on any atom is -0.337 e. The molecular weight excluding hydrogens is 336 g/mol. The van der Waals surface area contributed by atoms with Gasteiger partial charge in [-0.3, -0.25) is 4.72 Å². The van der Waals surface area contributed by atoms with Crippen molar-refractivity contribution < 1.29 is 12.9 Å². The molecule has 1 N–H and O–H groups in total. The van der Waals surface area contributed by atoms with Crippen molar-refractivity contribution in [3.8, 4) is 11.1 Å². The molecule has 23 heavy (non-hydrogen) atoms. The second-order valence-electron chi connectivity index (χ2n) is 4.92. The third-order valence-corrected chi connectivity index (χ3v) is 4.64. The van der Waals surface area contributed by atoms with E-state index in [1.807, 2.05) is 30.3 Å². The zero-order valence-corrected chi connectivity index (χ0v) is 13.5. The Morgan fingerprint density at radius 1 is 1.04 bits per heavy atom. The van der Waals surface area contributed by atoms with Crippen molar-refractivity contribution in [2.45, 2.75) is 5.75 Å². The van der Waals surface area contributed by atoms with E-state index in [1.165, 1.54) is 6.20 Å². The highest BCUT2D eigenvalue weighted by molar-refractivity contribution is 7.91. The fraction of sp³-hybridized carbons (Fsp3) is 0.0625. The van der Waals surface area contributed by atoms with Gasteiger partial charge < -0.3 is 4.52 Å². The summed E-state index contributed by atoms with van der Waals surface area (Å²) in [7, 11) is -3.63. The fourth-order valence-corrected chi connectivity index (χ4v) is 3.37. The van der Waals surface area contributed by atoms with Crippen LogP contribution in [0.25, 0.3) is 11.1 Å². The van der Waals surface area contributed by atoms with Crippen LogP contribution in [0.2, 0.25) is 5.02 Å². The van der Waals surface area contributed by atoms with Crippen LogP contribution in [0, 0.1) is 0 Å². The molecule has 0 spiro atoms. The number of hydrogen-bond donors (Lipinski definition) is 1. The van der Waals surface area contributed by atoms with E-state index in [-0.39, 0.29) is 11.6 Å². The molecule has 0 saturated carbocycles. The van der Waals surface area contributed by atoms with Crippen LogP contribution < -0.4 is 4.72 Å². The van der Waals surface area contributed by atoms with E-state index in [0.717, 1.165) is 5.56 Å². The monoisotopic (exact) mass is 348 g/mol. The molecule has 1 aromatic heterocycles. The Bertz CT molecular complexity index is 891. The number of benzene rings is 2. The highest BCUT2D eigenvalue weighted by Gasteiger charge is 2.18. The first kappa shape index (κ1) is 15.6. The summed E-state index contributed by atoms with van der Waals surface area (Å²) in [4.78, 5) is 0. The minimum atomic E-state index is -3.63. The molecule has 118 valence electrons. The normalized spacial score (nSPS) is 11.3. The molecule has 0 bridgehead atoms. The molecule has 3 aromatic rings. The Morgan fingerprint density at radius 3 is 2.43 bits per heavy atom. The standard InChI is InChI=1S/C16H13ClN2O3S/c17-14-8-6-12(7-9-14)11-23(20,21)19-16-15(10-18-22-16)13-4-2-1-3-5-13/h1-10,19H,11H2. The zero-order chi connectivity index (χ0) is 16.3. The molecule has 7 heteroatoms. The summed E-state index contributed by atoms with van der Waals surface area (Å²) >= 11 is 5.80. The average Bonchev–Trinajstić information content (AvgIpc) is 2.97. The highest BCUT2D eigenvalue weighted by Crippen LogP contribution is 2.28. The Kier molecular flexibility index (Phi) is 4.36. The van der Waals surface area contributed by atoms with Gasteiger partial charge in [-0.2, -0.15) is 0 Å². The molecule has 0 fully saturated rings. The number of halogens is 1. The zero-order valence-electron chi connectivity index (χ0n) is 11.9. The van der Waals surface area contributed by atoms with Crippen LogP contribution in [0.3, 0.4) is 0 Å². The first-order valence-corrected chi connectivity index (χ1v) is 8.81. The quantitative estimate of drug-likeness (QED) is 0.758. The molecule has 5 nitrogen and oxygen atoms in total. The molecule has 0 aliphatic carbocycles. The highest BCUT2D eigenvalue weighted by atomic mass is 35.5. The van der Waals surface area contributed by atoms with E-state index in [1.54, 1.807) is 24.3 Å². The van der Waals surface area contributed by atoms with Gasteiger partial charge in [0, 0.05) is 5.02 Å². The Balaban J connectivity index is 1.82. The van der Waals surface area contributed by atoms with E-state index in [4.69, 9.17) is 16.1 Å². The van der Waals surface area contributed by atoms with Crippen LogP contribution in [0.4, 0.5) is 5.88 Å². The van der Waals surface area contributed by atoms with Gasteiger partial charge >= 0.3 is 0 Å². The number of rotatable bonds is 5. The first-order chi connectivity index (χ1) is 11.0. The van der Waals surface area contributed by atoms with Crippen molar-refractivity contribution >= 4 is 27.5 Å². The Morgan fingerprint density at radius 2 is 1.74 bits per heavy atom. The van der Waals surface area contributed by atoms with Gasteiger partial charge in [-0.1, -0.05) is 59.2 Å². The number of nitrogens with zero attached hydrogens (tertiary/aromatic N) is 1. The predicted octanol–water partition coefficient (Wildman–Crippen LogP) is 3.94. The SMILES string of the molecule is O=S(=O)(Cc1ccc(Cl)cc1)Nc1oncc1-c1ccccc1. The van der Waals surface area contributed by atoms with Crippen molar-refractivity contribution in [1.82, 2.24) is 5.16 Å². The summed E-state index contributed by atoms with van der Waals surface area (Å²) in [5.41, 5.74) is 2.03. The number of hydrogen-bond acceptors (Lipinski definition) is 4. The summed E-state index contributed by atoms with van der Waals surface area (Å²) in [6.07, 6.45) is 1.48. The topological polar surface area (TPSA) is 72.2 Å². The molecule has 0 aliphatic rings. The second-order valence-corrected chi connectivity index (χ2v) is 7.08. The molecule has 1 heterocycles. The van der Waals surface area contributed by atoms with Gasteiger partial charge in [0.2, 0.25) is 15.9 Å². The van der Waals surface area contributed by atoms with E-state index in [9.17, 15) is 8.42 Å². The predicted molar refractivity (Wildman–Crippen MR) is 89.6 cm³/mol. The molecule has 0 saturated heterocycles. The summed E-state index contributed by atoms with van der Waals surface area (Å²) in [5.74, 6) is -0.0794. The van der Waals surface area contributed by atoms with Crippen molar-refractivity contribution in [3.63, 3.8) is 0 Å². The van der Waals surface area contributed by atoms with Crippen LogP contribution in [-0.4, -0.2) is 13.6 Å². The second kappa shape index (κ2) is 6.44. The molecule has 3 rings (SSSR count). The number of nitrogens with one attached hydrogen (secondary N) is 1. The van der Waals surface area contributed by atoms with Gasteiger partial charge in [-0.25, -0.2) is 8.42 Å². The van der Waals surface area contributed by atoms with Crippen molar-refractivity contribution in [2.24, 2.45) is 0 Å². The van der Waals surface area contributed by atoms with Crippen LogP contribution in [0.5, 0.6) is 0 Å². The van der Waals surface area contributed by atoms with E-state index < -0.39 is 10.0 Å². The Labute approximate surface area is 138 Å². The van der Waals surface area contributed by atoms with E-state index in [0.29, 0.717) is 16.1 Å². The largest absolute Gasteiger partial charge is 0.337 e. The number of sulfonamides is 1. The third kappa shape index (κ3) is 3.91. The van der Waals surface area contributed by atoms with E-state index >= 15 is 0 Å². The summed E-state index contributed by atoms with van der Waals surface area (Å²) < 4.78 is 32.1. The molecule has 0 aliphatic heterocycles. The lowest BCUT2D eigenvalue weighted by Crippen LogP contribution is -2.15. The van der Waals surface area contributed by atoms with Gasteiger partial charge in [0.15, 0.2) is 0 Å². The van der Waals surface area contributed by atoms with Gasteiger partial charge in [-0.15, -0.1) is 0 Å². The van der Waals surface area contributed by atoms with Gasteiger partial charge in [0.1, 0.15) is 0 Å². The maximum Gasteiger partial charge on any atom is 0.245 e. The maximum atomic E-state index is 12.3. The van der Waals surface area contributed by atoms with E-state index in [2.05, 4.69) is 9.88 Å². The summed E-state index contributed by atoms with van der Waals surface area (Å²) in [6.45, 7) is 0. The lowest BCUT2D eigenvalue weighted by molar-refractivity contribution is 0.435. The number of anilines is 1. The minimum absolute atomic E-state index is 0.102. The lowest BCUT2D eigenvalue weighted by atomic mass is 10.1. The maximum absolute atomic E-state index is 12.3. The van der Waals surface area contributed by atoms with Crippen LogP contribution >= 0.6 is 11.6 Å². The third-order valence-electron chi connectivity index (χ3n) is 3.17. The smallest absolute Gasteiger partial charge is 0.245 e. The average molecular weight is 349 g/mol. The van der Waals surface area contributed by atoms with Crippen LogP contribution in [0.1, 0.15) is 5.56 Å². The summed E-state index contributed by atoms with van der Waals surface area (Å²) in [6, 6.07) is 15.9. The molecule has 0 amide bonds. The van der Waals surface area contributed by atoms with Gasteiger partial charge in [0.05, 0.1) is 17.5 Å². The van der Waals surface area contributed by atoms with Crippen LogP contribution in [0.15, 0.2) is 65.3 Å². The van der Waals surface area contributed by atoms with Crippen molar-refractivity contribution in [1.29, 1.82) is 0 Å².